The molecule has 2 fully saturated rings. The first-order chi connectivity index (χ1) is 12.0. The molecule has 1 saturated carbocycles. The van der Waals surface area contributed by atoms with Crippen LogP contribution in [0.3, 0.4) is 0 Å². The zero-order valence-electron chi connectivity index (χ0n) is 14.6. The molecule has 0 aromatic heterocycles. The molecular weight excluding hydrogens is 324 g/mol. The van der Waals surface area contributed by atoms with Gasteiger partial charge in [-0.25, -0.2) is 0 Å². The van der Waals surface area contributed by atoms with Gasteiger partial charge in [0.25, 0.3) is 11.6 Å². The summed E-state index contributed by atoms with van der Waals surface area (Å²) >= 11 is 0. The lowest BCUT2D eigenvalue weighted by atomic mass is 10.1. The van der Waals surface area contributed by atoms with Gasteiger partial charge in [0.2, 0.25) is 0 Å². The van der Waals surface area contributed by atoms with Gasteiger partial charge in [-0.3, -0.25) is 19.8 Å². The van der Waals surface area contributed by atoms with Crippen molar-refractivity contribution in [3.8, 4) is 0 Å². The van der Waals surface area contributed by atoms with Crippen LogP contribution in [0.4, 0.5) is 11.4 Å². The number of nitrogens with zero attached hydrogens (tertiary/aromatic N) is 3. The van der Waals surface area contributed by atoms with Crippen LogP contribution in [0.15, 0.2) is 18.2 Å². The van der Waals surface area contributed by atoms with E-state index in [1.54, 1.807) is 25.1 Å². The van der Waals surface area contributed by atoms with Crippen molar-refractivity contribution in [3.05, 3.63) is 33.9 Å². The summed E-state index contributed by atoms with van der Waals surface area (Å²) in [6.45, 7) is 2.85. The maximum Gasteiger partial charge on any atom is 0.270 e. The Morgan fingerprint density at radius 3 is 2.84 bits per heavy atom. The van der Waals surface area contributed by atoms with E-state index in [0.29, 0.717) is 30.4 Å². The molecule has 0 bridgehead atoms. The van der Waals surface area contributed by atoms with Gasteiger partial charge in [-0.1, -0.05) is 0 Å². The second-order valence-electron chi connectivity index (χ2n) is 6.78. The highest BCUT2D eigenvalue weighted by Gasteiger charge is 2.33. The van der Waals surface area contributed by atoms with Crippen LogP contribution in [0, 0.1) is 10.1 Å². The van der Waals surface area contributed by atoms with E-state index in [-0.39, 0.29) is 17.7 Å². The SMILES string of the molecule is CN(C)c1ccc([N+](=O)[O-])cc1C(=O)NCC1CN(C2CC2)CCO1. The standard InChI is InChI=1S/C17H24N4O4/c1-19(2)16-6-5-13(21(23)24)9-15(16)17(22)18-10-14-11-20(7-8-25-14)12-3-4-12/h5-6,9,12,14H,3-4,7-8,10-11H2,1-2H3,(H,18,22). The number of nitrogens with one attached hydrogen (secondary N) is 1. The number of rotatable bonds is 6. The predicted octanol–water partition coefficient (Wildman–Crippen LogP) is 1.25. The van der Waals surface area contributed by atoms with Crippen LogP contribution in [-0.4, -0.2) is 68.2 Å². The smallest absolute Gasteiger partial charge is 0.270 e. The van der Waals surface area contributed by atoms with Crippen LogP contribution in [0.1, 0.15) is 23.2 Å². The number of non-ortho nitro benzene ring substituents is 1. The van der Waals surface area contributed by atoms with Gasteiger partial charge in [0, 0.05) is 57.6 Å². The fourth-order valence-electron chi connectivity index (χ4n) is 3.15. The third kappa shape index (κ3) is 4.26. The number of amides is 1. The summed E-state index contributed by atoms with van der Waals surface area (Å²) in [5.41, 5.74) is 0.853. The molecule has 8 heteroatoms. The molecule has 8 nitrogen and oxygen atoms in total. The molecule has 1 unspecified atom stereocenters. The van der Waals surface area contributed by atoms with Gasteiger partial charge in [-0.15, -0.1) is 0 Å². The van der Waals surface area contributed by atoms with Gasteiger partial charge in [0.15, 0.2) is 0 Å². The summed E-state index contributed by atoms with van der Waals surface area (Å²) in [5, 5.41) is 13.9. The van der Waals surface area contributed by atoms with E-state index in [1.807, 2.05) is 0 Å². The van der Waals surface area contributed by atoms with Crippen LogP contribution in [0.25, 0.3) is 0 Å². The summed E-state index contributed by atoms with van der Waals surface area (Å²) in [6.07, 6.45) is 2.46. The first-order valence-corrected chi connectivity index (χ1v) is 8.55. The topological polar surface area (TPSA) is 87.9 Å². The van der Waals surface area contributed by atoms with Crippen molar-refractivity contribution in [2.75, 3.05) is 45.2 Å². The predicted molar refractivity (Wildman–Crippen MR) is 94.1 cm³/mol. The Balaban J connectivity index is 1.65. The van der Waals surface area contributed by atoms with Gasteiger partial charge in [-0.05, 0) is 18.9 Å². The van der Waals surface area contributed by atoms with E-state index in [2.05, 4.69) is 10.2 Å². The molecule has 2 aliphatic rings. The summed E-state index contributed by atoms with van der Waals surface area (Å²) in [5.74, 6) is -0.320. The number of morpholine rings is 1. The van der Waals surface area contributed by atoms with Crippen molar-refractivity contribution >= 4 is 17.3 Å². The van der Waals surface area contributed by atoms with Crippen molar-refractivity contribution in [2.45, 2.75) is 25.0 Å². The molecule has 0 radical (unpaired) electrons. The van der Waals surface area contributed by atoms with Crippen LogP contribution in [-0.2, 0) is 4.74 Å². The van der Waals surface area contributed by atoms with Gasteiger partial charge in [0.05, 0.1) is 23.2 Å². The normalized spacial score (nSPS) is 21.0. The zero-order chi connectivity index (χ0) is 18.0. The Morgan fingerprint density at radius 1 is 1.44 bits per heavy atom. The quantitative estimate of drug-likeness (QED) is 0.615. The number of hydrogen-bond acceptors (Lipinski definition) is 6. The Bertz CT molecular complexity index is 660. The minimum atomic E-state index is -0.492. The molecule has 25 heavy (non-hydrogen) atoms. The Kier molecular flexibility index (Phi) is 5.19. The lowest BCUT2D eigenvalue weighted by Crippen LogP contribution is -2.48. The number of anilines is 1. The molecule has 0 spiro atoms. The molecule has 1 aliphatic carbocycles. The van der Waals surface area contributed by atoms with Gasteiger partial charge in [-0.2, -0.15) is 0 Å². The van der Waals surface area contributed by atoms with Gasteiger partial charge in [0.1, 0.15) is 0 Å². The van der Waals surface area contributed by atoms with Gasteiger partial charge < -0.3 is 15.0 Å². The largest absolute Gasteiger partial charge is 0.377 e. The fourth-order valence-corrected chi connectivity index (χ4v) is 3.15. The number of hydrogen-bond donors (Lipinski definition) is 1. The minimum absolute atomic E-state index is 0.0418. The molecule has 3 rings (SSSR count). The first-order valence-electron chi connectivity index (χ1n) is 8.55. The van der Waals surface area contributed by atoms with Gasteiger partial charge >= 0.3 is 0 Å². The molecule has 136 valence electrons. The second kappa shape index (κ2) is 7.37. The van der Waals surface area contributed by atoms with Crippen molar-refractivity contribution in [1.29, 1.82) is 0 Å². The summed E-state index contributed by atoms with van der Waals surface area (Å²) in [4.78, 5) is 27.3. The van der Waals surface area contributed by atoms with Crippen molar-refractivity contribution in [2.24, 2.45) is 0 Å². The second-order valence-corrected chi connectivity index (χ2v) is 6.78. The van der Waals surface area contributed by atoms with E-state index in [9.17, 15) is 14.9 Å². The van der Waals surface area contributed by atoms with Crippen LogP contribution in [0.5, 0.6) is 0 Å². The third-order valence-electron chi connectivity index (χ3n) is 4.64. The van der Waals surface area contributed by atoms with Crippen molar-refractivity contribution in [1.82, 2.24) is 10.2 Å². The Hall–Kier alpha value is -2.19. The van der Waals surface area contributed by atoms with E-state index in [1.165, 1.54) is 25.0 Å². The third-order valence-corrected chi connectivity index (χ3v) is 4.64. The number of benzene rings is 1. The van der Waals surface area contributed by atoms with Crippen LogP contribution < -0.4 is 10.2 Å². The first kappa shape index (κ1) is 17.6. The summed E-state index contributed by atoms with van der Waals surface area (Å²) < 4.78 is 5.74. The molecule has 1 aromatic rings. The monoisotopic (exact) mass is 348 g/mol. The van der Waals surface area contributed by atoms with Crippen molar-refractivity contribution < 1.29 is 14.5 Å². The van der Waals surface area contributed by atoms with Crippen LogP contribution >= 0.6 is 0 Å². The molecule has 1 N–H and O–H groups in total. The minimum Gasteiger partial charge on any atom is -0.377 e. The molecular formula is C17H24N4O4. The molecule has 1 aromatic carbocycles. The van der Waals surface area contributed by atoms with E-state index < -0.39 is 4.92 Å². The van der Waals surface area contributed by atoms with E-state index in [4.69, 9.17) is 4.74 Å². The molecule has 1 saturated heterocycles. The summed E-state index contributed by atoms with van der Waals surface area (Å²) in [6, 6.07) is 5.00. The molecule has 1 aliphatic heterocycles. The maximum atomic E-state index is 12.6. The highest BCUT2D eigenvalue weighted by Crippen LogP contribution is 2.28. The number of nitro benzene ring substituents is 1. The average Bonchev–Trinajstić information content (AvgIpc) is 3.44. The lowest BCUT2D eigenvalue weighted by Gasteiger charge is -2.33. The zero-order valence-corrected chi connectivity index (χ0v) is 14.6. The number of ether oxygens (including phenoxy) is 1. The Morgan fingerprint density at radius 2 is 2.20 bits per heavy atom. The van der Waals surface area contributed by atoms with E-state index in [0.717, 1.165) is 13.1 Å². The lowest BCUT2D eigenvalue weighted by molar-refractivity contribution is -0.384. The van der Waals surface area contributed by atoms with Crippen molar-refractivity contribution in [3.63, 3.8) is 0 Å². The Labute approximate surface area is 146 Å². The highest BCUT2D eigenvalue weighted by atomic mass is 16.6. The summed E-state index contributed by atoms with van der Waals surface area (Å²) in [7, 11) is 3.60. The molecule has 1 heterocycles. The molecule has 1 atom stereocenters. The maximum absolute atomic E-state index is 12.6. The highest BCUT2D eigenvalue weighted by molar-refractivity contribution is 6.00. The number of carbonyl (C=O) groups is 1. The van der Waals surface area contributed by atoms with Crippen LogP contribution in [0.2, 0.25) is 0 Å². The number of carbonyl (C=O) groups excluding carboxylic acids is 1. The average molecular weight is 348 g/mol. The number of nitro groups is 1. The van der Waals surface area contributed by atoms with E-state index >= 15 is 0 Å². The fraction of sp³-hybridized carbons (Fsp3) is 0.588. The molecule has 1 amide bonds.